The summed E-state index contributed by atoms with van der Waals surface area (Å²) in [4.78, 5) is 24.9. The van der Waals surface area contributed by atoms with Gasteiger partial charge in [-0.05, 0) is 31.7 Å². The first-order valence-electron chi connectivity index (χ1n) is 12.5. The van der Waals surface area contributed by atoms with Crippen molar-refractivity contribution in [3.8, 4) is 5.75 Å². The number of benzene rings is 2. The lowest BCUT2D eigenvalue weighted by Gasteiger charge is -2.24. The number of esters is 1. The second-order valence-corrected chi connectivity index (χ2v) is 11.2. The molecule has 2 aromatic heterocycles. The molecule has 204 valence electrons. The Kier molecular flexibility index (Phi) is 7.86. The molecule has 1 aliphatic carbocycles. The number of hydrogen-bond acceptors (Lipinski definition) is 9. The fraction of sp³-hybridized carbons (Fsp3) is 0.308. The predicted octanol–water partition coefficient (Wildman–Crippen LogP) is 5.08. The summed E-state index contributed by atoms with van der Waals surface area (Å²) in [7, 11) is -4.02. The van der Waals surface area contributed by atoms with Crippen LogP contribution in [0.1, 0.15) is 26.3 Å². The zero-order valence-corrected chi connectivity index (χ0v) is 23.0. The molecule has 0 aliphatic heterocycles. The van der Waals surface area contributed by atoms with Crippen molar-refractivity contribution in [1.82, 2.24) is 24.6 Å². The number of carbonyl (C=O) groups is 1. The van der Waals surface area contributed by atoms with Crippen LogP contribution in [0.15, 0.2) is 60.9 Å². The highest BCUT2D eigenvalue weighted by Gasteiger charge is 2.34. The molecule has 0 saturated carbocycles. The van der Waals surface area contributed by atoms with Crippen molar-refractivity contribution >= 4 is 53.2 Å². The van der Waals surface area contributed by atoms with Gasteiger partial charge in [0.15, 0.2) is 10.8 Å². The zero-order valence-electron chi connectivity index (χ0n) is 21.4. The molecule has 0 saturated heterocycles. The average molecular weight is 571 g/mol. The summed E-state index contributed by atoms with van der Waals surface area (Å²) in [6.45, 7) is 3.52. The normalized spacial score (nSPS) is 19.3. The molecule has 39 heavy (non-hydrogen) atoms. The lowest BCUT2D eigenvalue weighted by molar-refractivity contribution is -0.144. The SMILES string of the molecule is CCOC(=O)[C@H](C)NP(=O)(OC[C@@H]1C=C[C@H](n2cnc3c(Cl)nc(N)nc32)C1)Oc1cccc2ccccc12. The van der Waals surface area contributed by atoms with Crippen LogP contribution in [0.25, 0.3) is 21.9 Å². The van der Waals surface area contributed by atoms with Crippen LogP contribution < -0.4 is 15.3 Å². The Bertz CT molecular complexity index is 1590. The van der Waals surface area contributed by atoms with Crippen molar-refractivity contribution in [2.24, 2.45) is 5.92 Å². The molecule has 0 radical (unpaired) electrons. The summed E-state index contributed by atoms with van der Waals surface area (Å²) in [6, 6.07) is 12.0. The number of nitrogens with zero attached hydrogens (tertiary/aromatic N) is 4. The maximum atomic E-state index is 14.0. The van der Waals surface area contributed by atoms with Gasteiger partial charge in [-0.1, -0.05) is 60.2 Å². The fourth-order valence-corrected chi connectivity index (χ4v) is 6.25. The summed E-state index contributed by atoms with van der Waals surface area (Å²) in [6.07, 6.45) is 6.22. The van der Waals surface area contributed by atoms with Crippen molar-refractivity contribution in [3.05, 3.63) is 66.1 Å². The summed E-state index contributed by atoms with van der Waals surface area (Å²) in [5.41, 5.74) is 6.77. The van der Waals surface area contributed by atoms with Gasteiger partial charge >= 0.3 is 13.7 Å². The van der Waals surface area contributed by atoms with Crippen LogP contribution in [0.5, 0.6) is 5.75 Å². The largest absolute Gasteiger partial charge is 0.465 e. The lowest BCUT2D eigenvalue weighted by Crippen LogP contribution is -2.35. The van der Waals surface area contributed by atoms with Gasteiger partial charge in [0.25, 0.3) is 0 Å². The minimum Gasteiger partial charge on any atom is -0.465 e. The molecule has 4 aromatic rings. The lowest BCUT2D eigenvalue weighted by atomic mass is 10.1. The molecule has 5 rings (SSSR count). The van der Waals surface area contributed by atoms with E-state index in [0.29, 0.717) is 23.3 Å². The van der Waals surface area contributed by atoms with Gasteiger partial charge in [-0.25, -0.2) is 9.55 Å². The summed E-state index contributed by atoms with van der Waals surface area (Å²) in [5.74, 6) is -0.231. The Morgan fingerprint density at radius 2 is 2.03 bits per heavy atom. The summed E-state index contributed by atoms with van der Waals surface area (Å²) >= 11 is 6.17. The van der Waals surface area contributed by atoms with E-state index in [9.17, 15) is 9.36 Å². The van der Waals surface area contributed by atoms with Gasteiger partial charge in [0, 0.05) is 11.3 Å². The van der Waals surface area contributed by atoms with Crippen LogP contribution in [0, 0.1) is 5.92 Å². The van der Waals surface area contributed by atoms with Crippen molar-refractivity contribution in [2.75, 3.05) is 18.9 Å². The quantitative estimate of drug-likeness (QED) is 0.115. The third-order valence-electron chi connectivity index (χ3n) is 6.32. The number of nitrogen functional groups attached to an aromatic ring is 1. The maximum absolute atomic E-state index is 14.0. The van der Waals surface area contributed by atoms with E-state index in [0.717, 1.165) is 10.8 Å². The number of aromatic nitrogens is 4. The molecule has 3 N–H and O–H groups in total. The van der Waals surface area contributed by atoms with E-state index in [4.69, 9.17) is 31.1 Å². The number of hydrogen-bond donors (Lipinski definition) is 2. The van der Waals surface area contributed by atoms with E-state index in [1.54, 1.807) is 32.3 Å². The third kappa shape index (κ3) is 5.91. The third-order valence-corrected chi connectivity index (χ3v) is 8.21. The molecule has 0 fully saturated rings. The van der Waals surface area contributed by atoms with Gasteiger partial charge in [-0.2, -0.15) is 15.1 Å². The van der Waals surface area contributed by atoms with E-state index >= 15 is 0 Å². The van der Waals surface area contributed by atoms with Crippen molar-refractivity contribution in [1.29, 1.82) is 0 Å². The number of carbonyl (C=O) groups excluding carboxylic acids is 1. The van der Waals surface area contributed by atoms with Crippen LogP contribution >= 0.6 is 19.3 Å². The summed E-state index contributed by atoms with van der Waals surface area (Å²) in [5, 5.41) is 4.61. The number of ether oxygens (including phenoxy) is 1. The van der Waals surface area contributed by atoms with Gasteiger partial charge < -0.3 is 19.6 Å². The Morgan fingerprint density at radius 1 is 1.23 bits per heavy atom. The Hall–Kier alpha value is -3.50. The number of nitrogens with two attached hydrogens (primary N) is 1. The molecule has 0 amide bonds. The van der Waals surface area contributed by atoms with E-state index in [-0.39, 0.29) is 36.3 Å². The molecular formula is C26H28ClN6O5P. The number of anilines is 1. The van der Waals surface area contributed by atoms with Gasteiger partial charge in [0.05, 0.1) is 25.6 Å². The molecule has 0 bridgehead atoms. The molecule has 13 heteroatoms. The molecular weight excluding hydrogens is 543 g/mol. The second-order valence-electron chi connectivity index (χ2n) is 9.11. The zero-order chi connectivity index (χ0) is 27.6. The number of nitrogens with one attached hydrogen (secondary N) is 1. The van der Waals surface area contributed by atoms with Gasteiger partial charge in [0.1, 0.15) is 17.3 Å². The molecule has 1 unspecified atom stereocenters. The van der Waals surface area contributed by atoms with Crippen LogP contribution in [-0.2, 0) is 18.6 Å². The first-order valence-corrected chi connectivity index (χ1v) is 14.4. The molecule has 2 heterocycles. The fourth-order valence-electron chi connectivity index (χ4n) is 4.47. The number of fused-ring (bicyclic) bond motifs is 2. The van der Waals surface area contributed by atoms with Crippen LogP contribution in [-0.4, -0.2) is 44.7 Å². The van der Waals surface area contributed by atoms with Crippen LogP contribution in [0.2, 0.25) is 5.15 Å². The Morgan fingerprint density at radius 3 is 2.85 bits per heavy atom. The number of halogens is 1. The van der Waals surface area contributed by atoms with Crippen molar-refractivity contribution in [2.45, 2.75) is 32.4 Å². The summed E-state index contributed by atoms with van der Waals surface area (Å²) < 4.78 is 32.9. The maximum Gasteiger partial charge on any atom is 0.459 e. The average Bonchev–Trinajstić information content (AvgIpc) is 3.55. The Labute approximate surface area is 229 Å². The van der Waals surface area contributed by atoms with Crippen molar-refractivity contribution in [3.63, 3.8) is 0 Å². The topological polar surface area (TPSA) is 143 Å². The van der Waals surface area contributed by atoms with Crippen LogP contribution in [0.4, 0.5) is 5.95 Å². The molecule has 4 atom stereocenters. The van der Waals surface area contributed by atoms with E-state index < -0.39 is 19.8 Å². The highest BCUT2D eigenvalue weighted by Crippen LogP contribution is 2.48. The smallest absolute Gasteiger partial charge is 0.459 e. The second kappa shape index (κ2) is 11.3. The van der Waals surface area contributed by atoms with E-state index in [2.05, 4.69) is 20.0 Å². The molecule has 1 aliphatic rings. The van der Waals surface area contributed by atoms with Crippen LogP contribution in [0.3, 0.4) is 0 Å². The van der Waals surface area contributed by atoms with Crippen molar-refractivity contribution < 1.29 is 23.1 Å². The first-order chi connectivity index (χ1) is 18.8. The molecule has 2 aromatic carbocycles. The van der Waals surface area contributed by atoms with E-state index in [1.165, 1.54) is 0 Å². The Balaban J connectivity index is 1.33. The minimum absolute atomic E-state index is 0.0597. The van der Waals surface area contributed by atoms with Gasteiger partial charge in [0.2, 0.25) is 5.95 Å². The first kappa shape index (κ1) is 27.1. The van der Waals surface area contributed by atoms with Gasteiger partial charge in [-0.3, -0.25) is 9.32 Å². The standard InChI is InChI=1S/C26H28ClN6O5P/c1-3-36-25(34)16(2)32-39(35,38-21-10-6-8-18-7-4-5-9-20(18)21)37-14-17-11-12-19(13-17)33-15-29-22-23(27)30-26(28)31-24(22)33/h4-12,15-17,19H,3,13-14H2,1-2H3,(H,32,35)(H2,28,30,31)/t16-,17+,19-,39?/m0/s1. The molecule has 0 spiro atoms. The number of rotatable bonds is 10. The van der Waals surface area contributed by atoms with Gasteiger partial charge in [-0.15, -0.1) is 0 Å². The predicted molar refractivity (Wildman–Crippen MR) is 148 cm³/mol. The highest BCUT2D eigenvalue weighted by molar-refractivity contribution is 7.52. The highest BCUT2D eigenvalue weighted by atomic mass is 35.5. The minimum atomic E-state index is -4.02. The number of imidazole rings is 1. The number of allylic oxidation sites excluding steroid dienone is 1. The monoisotopic (exact) mass is 570 g/mol. The molecule has 11 nitrogen and oxygen atoms in total. The van der Waals surface area contributed by atoms with E-state index in [1.807, 2.05) is 47.1 Å².